The number of amides is 1. The second-order valence-corrected chi connectivity index (χ2v) is 6.36. The van der Waals surface area contributed by atoms with Crippen molar-refractivity contribution >= 4 is 5.91 Å². The predicted octanol–water partition coefficient (Wildman–Crippen LogP) is 1.87. The van der Waals surface area contributed by atoms with Crippen LogP contribution in [0, 0.1) is 12.7 Å². The molecule has 2 heterocycles. The zero-order valence-electron chi connectivity index (χ0n) is 14.6. The van der Waals surface area contributed by atoms with Crippen LogP contribution in [0.2, 0.25) is 0 Å². The average molecular weight is 346 g/mol. The van der Waals surface area contributed by atoms with E-state index < -0.39 is 0 Å². The number of nitrogens with zero attached hydrogens (tertiary/aromatic N) is 2. The van der Waals surface area contributed by atoms with Crippen LogP contribution in [-0.2, 0) is 9.53 Å². The molecule has 1 aliphatic rings. The topological polar surface area (TPSA) is 68.2 Å². The molecule has 0 spiro atoms. The maximum absolute atomic E-state index is 13.1. The van der Waals surface area contributed by atoms with Gasteiger partial charge < -0.3 is 15.4 Å². The molecule has 134 valence electrons. The van der Waals surface area contributed by atoms with E-state index in [1.807, 2.05) is 13.8 Å². The molecule has 0 aliphatic carbocycles. The molecule has 1 aromatic heterocycles. The van der Waals surface area contributed by atoms with Crippen LogP contribution < -0.4 is 10.6 Å². The summed E-state index contributed by atoms with van der Waals surface area (Å²) >= 11 is 0. The Kier molecular flexibility index (Phi) is 5.15. The summed E-state index contributed by atoms with van der Waals surface area (Å²) < 4.78 is 20.1. The van der Waals surface area contributed by atoms with Gasteiger partial charge in [-0.05, 0) is 44.5 Å². The summed E-state index contributed by atoms with van der Waals surface area (Å²) in [6.07, 6.45) is 2.49. The van der Waals surface area contributed by atoms with Crippen molar-refractivity contribution in [2.45, 2.75) is 38.5 Å². The number of rotatable bonds is 5. The molecule has 6 nitrogen and oxygen atoms in total. The molecule has 2 aromatic rings. The van der Waals surface area contributed by atoms with Crippen molar-refractivity contribution in [1.29, 1.82) is 0 Å². The molecule has 1 aromatic carbocycles. The van der Waals surface area contributed by atoms with Crippen LogP contribution in [0.15, 0.2) is 30.5 Å². The largest absolute Gasteiger partial charge is 0.380 e. The zero-order chi connectivity index (χ0) is 18.0. The van der Waals surface area contributed by atoms with Crippen molar-refractivity contribution in [2.24, 2.45) is 0 Å². The first-order valence-electron chi connectivity index (χ1n) is 8.36. The molecular weight excluding hydrogens is 323 g/mol. The second-order valence-electron chi connectivity index (χ2n) is 6.36. The number of benzene rings is 1. The lowest BCUT2D eigenvalue weighted by atomic mass is 10.1. The van der Waals surface area contributed by atoms with Crippen molar-refractivity contribution < 1.29 is 13.9 Å². The van der Waals surface area contributed by atoms with Crippen molar-refractivity contribution in [3.05, 3.63) is 47.5 Å². The van der Waals surface area contributed by atoms with Crippen molar-refractivity contribution in [2.75, 3.05) is 13.7 Å². The first-order chi connectivity index (χ1) is 12.0. The summed E-state index contributed by atoms with van der Waals surface area (Å²) in [5.41, 5.74) is 2.62. The molecule has 3 atom stereocenters. The smallest absolute Gasteiger partial charge is 0.237 e. The van der Waals surface area contributed by atoms with E-state index >= 15 is 0 Å². The van der Waals surface area contributed by atoms with Crippen molar-refractivity contribution in [3.8, 4) is 5.69 Å². The van der Waals surface area contributed by atoms with Gasteiger partial charge in [0, 0.05) is 24.9 Å². The Labute approximate surface area is 146 Å². The van der Waals surface area contributed by atoms with E-state index in [2.05, 4.69) is 15.7 Å². The summed E-state index contributed by atoms with van der Waals surface area (Å²) in [5.74, 6) is -0.325. The Balaban J connectivity index is 1.69. The first-order valence-corrected chi connectivity index (χ1v) is 8.36. The van der Waals surface area contributed by atoms with Gasteiger partial charge in [0.25, 0.3) is 0 Å². The molecule has 0 radical (unpaired) electrons. The van der Waals surface area contributed by atoms with Gasteiger partial charge in [-0.25, -0.2) is 9.07 Å². The van der Waals surface area contributed by atoms with Crippen molar-refractivity contribution in [1.82, 2.24) is 20.4 Å². The fourth-order valence-corrected chi connectivity index (χ4v) is 3.16. The first kappa shape index (κ1) is 17.6. The van der Waals surface area contributed by atoms with Gasteiger partial charge in [-0.3, -0.25) is 4.79 Å². The summed E-state index contributed by atoms with van der Waals surface area (Å²) in [7, 11) is 1.66. The molecule has 1 unspecified atom stereocenters. The van der Waals surface area contributed by atoms with E-state index in [4.69, 9.17) is 4.74 Å². The third kappa shape index (κ3) is 3.72. The number of ether oxygens (including phenoxy) is 1. The highest BCUT2D eigenvalue weighted by Gasteiger charge is 2.30. The van der Waals surface area contributed by atoms with E-state index in [1.54, 1.807) is 30.1 Å². The number of hydrogen-bond acceptors (Lipinski definition) is 4. The highest BCUT2D eigenvalue weighted by atomic mass is 19.1. The maximum Gasteiger partial charge on any atom is 0.237 e. The fourth-order valence-electron chi connectivity index (χ4n) is 3.16. The standard InChI is InChI=1S/C18H23FN4O2/c1-11(22-18(24)17-8-15(25-3)9-20-17)16-10-21-23(12(16)2)14-6-4-13(19)5-7-14/h4-7,10-11,15,17,20H,8-9H2,1-3H3,(H,22,24)/t11?,15-,17+/m0/s1. The third-order valence-electron chi connectivity index (χ3n) is 4.68. The van der Waals surface area contributed by atoms with Crippen LogP contribution >= 0.6 is 0 Å². The van der Waals surface area contributed by atoms with Crippen LogP contribution in [0.25, 0.3) is 5.69 Å². The highest BCUT2D eigenvalue weighted by Crippen LogP contribution is 2.21. The lowest BCUT2D eigenvalue weighted by Gasteiger charge is -2.17. The Morgan fingerprint density at radius 1 is 1.44 bits per heavy atom. The normalized spacial score (nSPS) is 21.3. The minimum atomic E-state index is -0.284. The second kappa shape index (κ2) is 7.33. The number of nitrogens with one attached hydrogen (secondary N) is 2. The van der Waals surface area contributed by atoms with Gasteiger partial charge in [0.2, 0.25) is 5.91 Å². The highest BCUT2D eigenvalue weighted by molar-refractivity contribution is 5.82. The van der Waals surface area contributed by atoms with Gasteiger partial charge in [-0.1, -0.05) is 0 Å². The summed E-state index contributed by atoms with van der Waals surface area (Å²) in [6, 6.07) is 5.74. The van der Waals surface area contributed by atoms with E-state index in [9.17, 15) is 9.18 Å². The van der Waals surface area contributed by atoms with Crippen LogP contribution in [-0.4, -0.2) is 41.5 Å². The lowest BCUT2D eigenvalue weighted by Crippen LogP contribution is -2.41. The van der Waals surface area contributed by atoms with Crippen LogP contribution in [0.4, 0.5) is 4.39 Å². The van der Waals surface area contributed by atoms with Gasteiger partial charge in [0.1, 0.15) is 5.82 Å². The van der Waals surface area contributed by atoms with E-state index in [1.165, 1.54) is 12.1 Å². The lowest BCUT2D eigenvalue weighted by molar-refractivity contribution is -0.123. The molecule has 3 rings (SSSR count). The van der Waals surface area contributed by atoms with Crippen molar-refractivity contribution in [3.63, 3.8) is 0 Å². The van der Waals surface area contributed by atoms with Gasteiger partial charge in [-0.2, -0.15) is 5.10 Å². The molecule has 0 bridgehead atoms. The number of carbonyl (C=O) groups is 1. The Bertz CT molecular complexity index is 744. The molecule has 7 heteroatoms. The quantitative estimate of drug-likeness (QED) is 0.867. The van der Waals surface area contributed by atoms with Crippen LogP contribution in [0.3, 0.4) is 0 Å². The average Bonchev–Trinajstić information content (AvgIpc) is 3.22. The fraction of sp³-hybridized carbons (Fsp3) is 0.444. The summed E-state index contributed by atoms with van der Waals surface area (Å²) in [4.78, 5) is 12.4. The Hall–Kier alpha value is -2.25. The number of hydrogen-bond donors (Lipinski definition) is 2. The van der Waals surface area contributed by atoms with E-state index in [0.29, 0.717) is 13.0 Å². The number of methoxy groups -OCH3 is 1. The molecule has 1 fully saturated rings. The predicted molar refractivity (Wildman–Crippen MR) is 92.0 cm³/mol. The van der Waals surface area contributed by atoms with Crippen LogP contribution in [0.1, 0.15) is 30.6 Å². The zero-order valence-corrected chi connectivity index (χ0v) is 14.6. The summed E-state index contributed by atoms with van der Waals surface area (Å²) in [6.45, 7) is 4.55. The Morgan fingerprint density at radius 2 is 2.16 bits per heavy atom. The van der Waals surface area contributed by atoms with Gasteiger partial charge in [0.05, 0.1) is 30.1 Å². The summed E-state index contributed by atoms with van der Waals surface area (Å²) in [5, 5.41) is 10.6. The van der Waals surface area contributed by atoms with Gasteiger partial charge >= 0.3 is 0 Å². The third-order valence-corrected chi connectivity index (χ3v) is 4.68. The number of aromatic nitrogens is 2. The number of carbonyl (C=O) groups excluding carboxylic acids is 1. The molecule has 1 saturated heterocycles. The van der Waals surface area contributed by atoms with Gasteiger partial charge in [0.15, 0.2) is 0 Å². The molecule has 1 aliphatic heterocycles. The SMILES string of the molecule is CO[C@@H]1CN[C@@H](C(=O)NC(C)c2cnn(-c3ccc(F)cc3)c2C)C1. The van der Waals surface area contributed by atoms with E-state index in [0.717, 1.165) is 16.9 Å². The monoisotopic (exact) mass is 346 g/mol. The minimum absolute atomic E-state index is 0.0408. The molecular formula is C18H23FN4O2. The van der Waals surface area contributed by atoms with Crippen LogP contribution in [0.5, 0.6) is 0 Å². The molecule has 1 amide bonds. The van der Waals surface area contributed by atoms with Gasteiger partial charge in [-0.15, -0.1) is 0 Å². The van der Waals surface area contributed by atoms with E-state index in [-0.39, 0.29) is 29.9 Å². The molecule has 0 saturated carbocycles. The molecule has 2 N–H and O–H groups in total. The minimum Gasteiger partial charge on any atom is -0.380 e. The Morgan fingerprint density at radius 3 is 2.80 bits per heavy atom. The number of halogens is 1. The maximum atomic E-state index is 13.1. The molecule has 25 heavy (non-hydrogen) atoms.